The standard InChI is InChI=1S/C22H30N2O3/c1-22(2,3)17-5-7-18(8-6-17)24-21(25)13-14-23-15-16-27-20-11-9-19(26-4)10-12-20/h5-12,23H,13-16H2,1-4H3,(H,24,25). The Morgan fingerprint density at radius 2 is 1.56 bits per heavy atom. The van der Waals surface area contributed by atoms with Gasteiger partial charge in [0.05, 0.1) is 7.11 Å². The molecule has 5 nitrogen and oxygen atoms in total. The van der Waals surface area contributed by atoms with Gasteiger partial charge < -0.3 is 20.1 Å². The molecular formula is C22H30N2O3. The minimum atomic E-state index is 0.00193. The third kappa shape index (κ3) is 7.31. The van der Waals surface area contributed by atoms with Crippen LogP contribution in [0.2, 0.25) is 0 Å². The number of hydrogen-bond acceptors (Lipinski definition) is 4. The summed E-state index contributed by atoms with van der Waals surface area (Å²) in [5, 5.41) is 6.14. The molecule has 0 aliphatic carbocycles. The van der Waals surface area contributed by atoms with E-state index in [2.05, 4.69) is 43.5 Å². The first-order valence-electron chi connectivity index (χ1n) is 9.26. The first kappa shape index (κ1) is 20.8. The maximum atomic E-state index is 12.0. The van der Waals surface area contributed by atoms with Crippen molar-refractivity contribution in [1.82, 2.24) is 5.32 Å². The molecule has 0 spiro atoms. The Labute approximate surface area is 162 Å². The SMILES string of the molecule is COc1ccc(OCCNCCC(=O)Nc2ccc(C(C)(C)C)cc2)cc1. The highest BCUT2D eigenvalue weighted by Gasteiger charge is 2.13. The van der Waals surface area contributed by atoms with Crippen LogP contribution in [-0.2, 0) is 10.2 Å². The van der Waals surface area contributed by atoms with Gasteiger partial charge in [0, 0.05) is 25.2 Å². The fourth-order valence-electron chi connectivity index (χ4n) is 2.52. The van der Waals surface area contributed by atoms with Crippen molar-refractivity contribution >= 4 is 11.6 Å². The molecule has 0 aliphatic heterocycles. The zero-order valence-corrected chi connectivity index (χ0v) is 16.7. The zero-order chi connectivity index (χ0) is 19.7. The van der Waals surface area contributed by atoms with Gasteiger partial charge in [-0.25, -0.2) is 0 Å². The summed E-state index contributed by atoms with van der Waals surface area (Å²) in [5.41, 5.74) is 2.19. The van der Waals surface area contributed by atoms with E-state index >= 15 is 0 Å². The number of ether oxygens (including phenoxy) is 2. The van der Waals surface area contributed by atoms with E-state index in [-0.39, 0.29) is 11.3 Å². The molecule has 27 heavy (non-hydrogen) atoms. The summed E-state index contributed by atoms with van der Waals surface area (Å²) in [6.45, 7) is 8.35. The van der Waals surface area contributed by atoms with Crippen LogP contribution in [0.3, 0.4) is 0 Å². The second-order valence-corrected chi connectivity index (χ2v) is 7.40. The van der Waals surface area contributed by atoms with Crippen molar-refractivity contribution in [3.05, 3.63) is 54.1 Å². The lowest BCUT2D eigenvalue weighted by Crippen LogP contribution is -2.25. The maximum Gasteiger partial charge on any atom is 0.225 e. The van der Waals surface area contributed by atoms with Crippen LogP contribution in [0.25, 0.3) is 0 Å². The van der Waals surface area contributed by atoms with E-state index in [0.29, 0.717) is 26.1 Å². The van der Waals surface area contributed by atoms with Gasteiger partial charge in [-0.05, 0) is 47.4 Å². The van der Waals surface area contributed by atoms with E-state index < -0.39 is 0 Å². The first-order valence-corrected chi connectivity index (χ1v) is 9.26. The Balaban J connectivity index is 1.60. The van der Waals surface area contributed by atoms with Crippen molar-refractivity contribution in [2.75, 3.05) is 32.1 Å². The molecule has 0 aliphatic rings. The zero-order valence-electron chi connectivity index (χ0n) is 16.7. The van der Waals surface area contributed by atoms with Crippen molar-refractivity contribution in [3.8, 4) is 11.5 Å². The molecular weight excluding hydrogens is 340 g/mol. The smallest absolute Gasteiger partial charge is 0.225 e. The fourth-order valence-corrected chi connectivity index (χ4v) is 2.52. The van der Waals surface area contributed by atoms with Crippen LogP contribution in [0.15, 0.2) is 48.5 Å². The monoisotopic (exact) mass is 370 g/mol. The van der Waals surface area contributed by atoms with Gasteiger partial charge in [-0.15, -0.1) is 0 Å². The molecule has 0 atom stereocenters. The Hall–Kier alpha value is -2.53. The summed E-state index contributed by atoms with van der Waals surface area (Å²) in [6, 6.07) is 15.5. The highest BCUT2D eigenvalue weighted by molar-refractivity contribution is 5.90. The maximum absolute atomic E-state index is 12.0. The summed E-state index contributed by atoms with van der Waals surface area (Å²) in [6.07, 6.45) is 0.420. The third-order valence-corrected chi connectivity index (χ3v) is 4.17. The molecule has 0 unspecified atom stereocenters. The number of carbonyl (C=O) groups is 1. The van der Waals surface area contributed by atoms with Crippen molar-refractivity contribution in [2.45, 2.75) is 32.6 Å². The minimum Gasteiger partial charge on any atom is -0.497 e. The highest BCUT2D eigenvalue weighted by atomic mass is 16.5. The second-order valence-electron chi connectivity index (χ2n) is 7.40. The van der Waals surface area contributed by atoms with E-state index in [1.807, 2.05) is 36.4 Å². The highest BCUT2D eigenvalue weighted by Crippen LogP contribution is 2.23. The lowest BCUT2D eigenvalue weighted by molar-refractivity contribution is -0.116. The molecule has 5 heteroatoms. The normalized spacial score (nSPS) is 11.1. The Morgan fingerprint density at radius 3 is 2.15 bits per heavy atom. The van der Waals surface area contributed by atoms with Gasteiger partial charge in [0.1, 0.15) is 18.1 Å². The lowest BCUT2D eigenvalue weighted by Gasteiger charge is -2.19. The molecule has 0 radical (unpaired) electrons. The summed E-state index contributed by atoms with van der Waals surface area (Å²) in [4.78, 5) is 12.0. The van der Waals surface area contributed by atoms with Crippen molar-refractivity contribution in [2.24, 2.45) is 0 Å². The van der Waals surface area contributed by atoms with Crippen LogP contribution in [0, 0.1) is 0 Å². The van der Waals surface area contributed by atoms with Crippen LogP contribution in [-0.4, -0.2) is 32.7 Å². The molecule has 146 valence electrons. The van der Waals surface area contributed by atoms with Gasteiger partial charge in [0.2, 0.25) is 5.91 Å². The lowest BCUT2D eigenvalue weighted by atomic mass is 9.87. The molecule has 2 N–H and O–H groups in total. The van der Waals surface area contributed by atoms with E-state index in [1.54, 1.807) is 7.11 Å². The molecule has 2 aromatic carbocycles. The van der Waals surface area contributed by atoms with E-state index in [9.17, 15) is 4.79 Å². The summed E-state index contributed by atoms with van der Waals surface area (Å²) < 4.78 is 10.7. The van der Waals surface area contributed by atoms with Crippen LogP contribution < -0.4 is 20.1 Å². The van der Waals surface area contributed by atoms with Crippen LogP contribution >= 0.6 is 0 Å². The van der Waals surface area contributed by atoms with Gasteiger partial charge in [0.15, 0.2) is 0 Å². The number of anilines is 1. The van der Waals surface area contributed by atoms with Gasteiger partial charge in [-0.2, -0.15) is 0 Å². The summed E-state index contributed by atoms with van der Waals surface area (Å²) in [5.74, 6) is 1.61. The largest absolute Gasteiger partial charge is 0.497 e. The molecule has 0 aromatic heterocycles. The molecule has 0 bridgehead atoms. The van der Waals surface area contributed by atoms with Gasteiger partial charge >= 0.3 is 0 Å². The van der Waals surface area contributed by atoms with E-state index in [1.165, 1.54) is 5.56 Å². The Morgan fingerprint density at radius 1 is 0.926 bits per heavy atom. The topological polar surface area (TPSA) is 59.6 Å². The van der Waals surface area contributed by atoms with E-state index in [4.69, 9.17) is 9.47 Å². The van der Waals surface area contributed by atoms with Crippen molar-refractivity contribution in [3.63, 3.8) is 0 Å². The number of amides is 1. The first-order chi connectivity index (χ1) is 12.9. The Kier molecular flexibility index (Phi) is 7.67. The quantitative estimate of drug-likeness (QED) is 0.655. The second kappa shape index (κ2) is 9.97. The predicted octanol–water partition coefficient (Wildman–Crippen LogP) is 3.99. The summed E-state index contributed by atoms with van der Waals surface area (Å²) in [7, 11) is 1.64. The molecule has 0 heterocycles. The molecule has 0 fully saturated rings. The van der Waals surface area contributed by atoms with Gasteiger partial charge in [-0.1, -0.05) is 32.9 Å². The van der Waals surface area contributed by atoms with Crippen LogP contribution in [0.1, 0.15) is 32.8 Å². The number of benzene rings is 2. The number of carbonyl (C=O) groups excluding carboxylic acids is 1. The number of nitrogens with one attached hydrogen (secondary N) is 2. The average Bonchev–Trinajstić information content (AvgIpc) is 2.64. The van der Waals surface area contributed by atoms with Crippen molar-refractivity contribution in [1.29, 1.82) is 0 Å². The van der Waals surface area contributed by atoms with Crippen LogP contribution in [0.5, 0.6) is 11.5 Å². The Bertz CT molecular complexity index is 704. The fraction of sp³-hybridized carbons (Fsp3) is 0.409. The van der Waals surface area contributed by atoms with Gasteiger partial charge in [-0.3, -0.25) is 4.79 Å². The molecule has 2 rings (SSSR count). The molecule has 0 saturated heterocycles. The third-order valence-electron chi connectivity index (χ3n) is 4.17. The van der Waals surface area contributed by atoms with E-state index in [0.717, 1.165) is 17.2 Å². The predicted molar refractivity (Wildman–Crippen MR) is 110 cm³/mol. The average molecular weight is 370 g/mol. The number of methoxy groups -OCH3 is 1. The summed E-state index contributed by atoms with van der Waals surface area (Å²) >= 11 is 0. The molecule has 1 amide bonds. The molecule has 0 saturated carbocycles. The minimum absolute atomic E-state index is 0.00193. The van der Waals surface area contributed by atoms with Crippen LogP contribution in [0.4, 0.5) is 5.69 Å². The number of rotatable bonds is 9. The molecule has 2 aromatic rings. The van der Waals surface area contributed by atoms with Crippen molar-refractivity contribution < 1.29 is 14.3 Å². The number of hydrogen-bond donors (Lipinski definition) is 2. The van der Waals surface area contributed by atoms with Gasteiger partial charge in [0.25, 0.3) is 0 Å².